The van der Waals surface area contributed by atoms with Gasteiger partial charge >= 0.3 is 0 Å². The van der Waals surface area contributed by atoms with Gasteiger partial charge in [0.15, 0.2) is 0 Å². The van der Waals surface area contributed by atoms with E-state index in [1.54, 1.807) is 6.07 Å². The van der Waals surface area contributed by atoms with E-state index in [1.165, 1.54) is 20.4 Å². The maximum atomic E-state index is 11.9. The van der Waals surface area contributed by atoms with E-state index in [0.717, 1.165) is 0 Å². The van der Waals surface area contributed by atoms with Gasteiger partial charge in [0.25, 0.3) is 0 Å². The minimum atomic E-state index is -0.359. The van der Waals surface area contributed by atoms with Crippen LogP contribution in [0.25, 0.3) is 10.9 Å². The second kappa shape index (κ2) is 4.47. The smallest absolute Gasteiger partial charge is 0.209 e. The minimum Gasteiger partial charge on any atom is -0.495 e. The summed E-state index contributed by atoms with van der Waals surface area (Å²) in [5.41, 5.74) is 0.135. The van der Waals surface area contributed by atoms with E-state index < -0.39 is 0 Å². The first kappa shape index (κ1) is 12.1. The van der Waals surface area contributed by atoms with Crippen LogP contribution in [0.4, 0.5) is 0 Å². The molecule has 4 nitrogen and oxygen atoms in total. The van der Waals surface area contributed by atoms with Crippen molar-refractivity contribution >= 4 is 34.1 Å². The molecule has 0 aliphatic carbocycles. The van der Waals surface area contributed by atoms with Crippen LogP contribution in [0.2, 0.25) is 10.0 Å². The van der Waals surface area contributed by atoms with Gasteiger partial charge in [-0.2, -0.15) is 0 Å². The molecule has 90 valence electrons. The molecule has 0 saturated heterocycles. The summed E-state index contributed by atoms with van der Waals surface area (Å²) >= 11 is 11.9. The number of pyridine rings is 1. The fourth-order valence-electron chi connectivity index (χ4n) is 1.60. The second-order valence-electron chi connectivity index (χ2n) is 3.31. The number of benzene rings is 1. The fraction of sp³-hybridized carbons (Fsp3) is 0.182. The average molecular weight is 274 g/mol. The van der Waals surface area contributed by atoms with Gasteiger partial charge in [0, 0.05) is 12.3 Å². The van der Waals surface area contributed by atoms with E-state index in [-0.39, 0.29) is 20.9 Å². The van der Waals surface area contributed by atoms with Gasteiger partial charge in [0.1, 0.15) is 16.5 Å². The molecule has 0 aliphatic heterocycles. The Kier molecular flexibility index (Phi) is 3.17. The number of halogens is 2. The lowest BCUT2D eigenvalue weighted by Gasteiger charge is -2.10. The zero-order valence-electron chi connectivity index (χ0n) is 9.14. The maximum Gasteiger partial charge on any atom is 0.209 e. The summed E-state index contributed by atoms with van der Waals surface area (Å²) in [5, 5.41) is 0.539. The number of hydrogen-bond donors (Lipinski definition) is 1. The number of rotatable bonds is 2. The molecule has 0 radical (unpaired) electrons. The molecule has 2 rings (SSSR count). The zero-order chi connectivity index (χ0) is 12.6. The fourth-order valence-corrected chi connectivity index (χ4v) is 2.06. The maximum absolute atomic E-state index is 11.9. The van der Waals surface area contributed by atoms with Crippen LogP contribution in [0.15, 0.2) is 17.1 Å². The van der Waals surface area contributed by atoms with E-state index in [9.17, 15) is 4.79 Å². The lowest BCUT2D eigenvalue weighted by molar-refractivity contribution is 0.397. The zero-order valence-corrected chi connectivity index (χ0v) is 10.6. The van der Waals surface area contributed by atoms with Crippen molar-refractivity contribution in [2.45, 2.75) is 0 Å². The average Bonchev–Trinajstić information content (AvgIpc) is 2.34. The number of aromatic amines is 1. The summed E-state index contributed by atoms with van der Waals surface area (Å²) in [4.78, 5) is 14.8. The van der Waals surface area contributed by atoms with Crippen molar-refractivity contribution in [3.63, 3.8) is 0 Å². The highest BCUT2D eigenvalue weighted by molar-refractivity contribution is 6.38. The van der Waals surface area contributed by atoms with Crippen molar-refractivity contribution in [3.05, 3.63) is 32.5 Å². The highest BCUT2D eigenvalue weighted by atomic mass is 35.5. The molecule has 0 bridgehead atoms. The molecule has 0 saturated carbocycles. The Labute approximate surface area is 107 Å². The molecule has 6 heteroatoms. The normalized spacial score (nSPS) is 10.6. The van der Waals surface area contributed by atoms with Crippen LogP contribution >= 0.6 is 23.2 Å². The van der Waals surface area contributed by atoms with Crippen LogP contribution in [-0.4, -0.2) is 19.2 Å². The number of ether oxygens (including phenoxy) is 2. The monoisotopic (exact) mass is 273 g/mol. The predicted molar refractivity (Wildman–Crippen MR) is 67.7 cm³/mol. The van der Waals surface area contributed by atoms with Gasteiger partial charge < -0.3 is 14.5 Å². The second-order valence-corrected chi connectivity index (χ2v) is 4.10. The molecule has 1 heterocycles. The van der Waals surface area contributed by atoms with Gasteiger partial charge in [-0.25, -0.2) is 0 Å². The number of hydrogen-bond acceptors (Lipinski definition) is 3. The van der Waals surface area contributed by atoms with Gasteiger partial charge in [-0.1, -0.05) is 23.2 Å². The van der Waals surface area contributed by atoms with Crippen molar-refractivity contribution in [1.29, 1.82) is 0 Å². The Balaban J connectivity index is 3.01. The van der Waals surface area contributed by atoms with Crippen LogP contribution in [0.3, 0.4) is 0 Å². The van der Waals surface area contributed by atoms with Gasteiger partial charge in [-0.05, 0) is 0 Å². The first-order valence-corrected chi connectivity index (χ1v) is 5.47. The molecule has 1 aromatic carbocycles. The van der Waals surface area contributed by atoms with Gasteiger partial charge in [-0.15, -0.1) is 0 Å². The minimum absolute atomic E-state index is 0.0645. The molecule has 17 heavy (non-hydrogen) atoms. The molecule has 0 spiro atoms. The number of fused-ring (bicyclic) bond motifs is 1. The van der Waals surface area contributed by atoms with Crippen molar-refractivity contribution in [1.82, 2.24) is 4.98 Å². The first-order chi connectivity index (χ1) is 8.10. The van der Waals surface area contributed by atoms with Crippen molar-refractivity contribution < 1.29 is 9.47 Å². The molecule has 1 aromatic heterocycles. The molecular formula is C11H9Cl2NO3. The van der Waals surface area contributed by atoms with Crippen molar-refractivity contribution in [3.8, 4) is 11.5 Å². The summed E-state index contributed by atoms with van der Waals surface area (Å²) in [6, 6.07) is 1.61. The lowest BCUT2D eigenvalue weighted by atomic mass is 10.2. The highest BCUT2D eigenvalue weighted by Gasteiger charge is 2.16. The number of H-pyrrole nitrogens is 1. The Bertz CT molecular complexity index is 637. The Morgan fingerprint density at radius 3 is 2.41 bits per heavy atom. The molecular weight excluding hydrogens is 265 g/mol. The van der Waals surface area contributed by atoms with Gasteiger partial charge in [0.2, 0.25) is 5.43 Å². The first-order valence-electron chi connectivity index (χ1n) is 4.71. The van der Waals surface area contributed by atoms with Crippen LogP contribution in [-0.2, 0) is 0 Å². The van der Waals surface area contributed by atoms with Crippen molar-refractivity contribution in [2.75, 3.05) is 14.2 Å². The van der Waals surface area contributed by atoms with E-state index >= 15 is 0 Å². The van der Waals surface area contributed by atoms with Crippen LogP contribution in [0, 0.1) is 0 Å². The highest BCUT2D eigenvalue weighted by Crippen LogP contribution is 2.36. The largest absolute Gasteiger partial charge is 0.495 e. The third kappa shape index (κ3) is 1.83. The van der Waals surface area contributed by atoms with E-state index in [2.05, 4.69) is 4.98 Å². The Morgan fingerprint density at radius 2 is 1.82 bits per heavy atom. The van der Waals surface area contributed by atoms with Crippen LogP contribution in [0.5, 0.6) is 11.5 Å². The van der Waals surface area contributed by atoms with Gasteiger partial charge in [0.05, 0.1) is 30.1 Å². The number of methoxy groups -OCH3 is 2. The summed E-state index contributed by atoms with van der Waals surface area (Å²) in [5.74, 6) is 0.832. The molecule has 0 fully saturated rings. The standard InChI is InChI=1S/C11H9Cl2NO3/c1-16-6-3-7(17-2)10-8(9(6)13)11(15)5(12)4-14-10/h3-4H,1-2H3,(H,14,15). The summed E-state index contributed by atoms with van der Waals surface area (Å²) in [6.45, 7) is 0. The molecule has 0 atom stereocenters. The van der Waals surface area contributed by atoms with E-state index in [1.807, 2.05) is 0 Å². The molecule has 0 aliphatic rings. The summed E-state index contributed by atoms with van der Waals surface area (Å²) < 4.78 is 10.3. The molecule has 2 aromatic rings. The lowest BCUT2D eigenvalue weighted by Crippen LogP contribution is -2.05. The quantitative estimate of drug-likeness (QED) is 0.916. The van der Waals surface area contributed by atoms with Crippen LogP contribution in [0.1, 0.15) is 0 Å². The number of nitrogens with one attached hydrogen (secondary N) is 1. The van der Waals surface area contributed by atoms with Gasteiger partial charge in [-0.3, -0.25) is 4.79 Å². The molecule has 1 N–H and O–H groups in total. The van der Waals surface area contributed by atoms with Crippen molar-refractivity contribution in [2.24, 2.45) is 0 Å². The summed E-state index contributed by atoms with van der Waals surface area (Å²) in [7, 11) is 2.96. The molecule has 0 amide bonds. The summed E-state index contributed by atoms with van der Waals surface area (Å²) in [6.07, 6.45) is 1.40. The molecule has 0 unspecified atom stereocenters. The van der Waals surface area contributed by atoms with E-state index in [0.29, 0.717) is 17.0 Å². The third-order valence-electron chi connectivity index (χ3n) is 2.42. The predicted octanol–water partition coefficient (Wildman–Crippen LogP) is 2.85. The van der Waals surface area contributed by atoms with E-state index in [4.69, 9.17) is 32.7 Å². The van der Waals surface area contributed by atoms with Crippen LogP contribution < -0.4 is 14.9 Å². The topological polar surface area (TPSA) is 51.3 Å². The third-order valence-corrected chi connectivity index (χ3v) is 3.08. The Hall–Kier alpha value is -1.39. The Morgan fingerprint density at radius 1 is 1.18 bits per heavy atom. The number of aromatic nitrogens is 1. The SMILES string of the molecule is COc1cc(OC)c2[nH]cc(Cl)c(=O)c2c1Cl.